The van der Waals surface area contributed by atoms with Crippen LogP contribution in [0.4, 0.5) is 0 Å². The summed E-state index contributed by atoms with van der Waals surface area (Å²) in [7, 11) is -2.55. The highest BCUT2D eigenvalue weighted by Gasteiger charge is 2.58. The van der Waals surface area contributed by atoms with Crippen LogP contribution in [0.2, 0.25) is 0 Å². The van der Waals surface area contributed by atoms with E-state index in [2.05, 4.69) is 19.9 Å². The smallest absolute Gasteiger partial charge is 0.214 e. The molecule has 0 amide bonds. The largest absolute Gasteiger partial charge is 0.343 e. The molecule has 0 aromatic carbocycles. The standard InChI is InChI=1S/C19H27O3P/c1-18-9-7-13(23(21)22)11-12(18)3-4-14-15-5-6-17(20)19(15,2)10-8-16(14)18/h3,11,14-16,23H,4-10H2,1-2H3,(H,21,22)/t14-,15-,16-,18-,19-/m0/s1. The summed E-state index contributed by atoms with van der Waals surface area (Å²) in [6, 6.07) is 0. The molecule has 23 heavy (non-hydrogen) atoms. The summed E-state index contributed by atoms with van der Waals surface area (Å²) in [5, 5.41) is 0.744. The van der Waals surface area contributed by atoms with Gasteiger partial charge < -0.3 is 4.89 Å². The van der Waals surface area contributed by atoms with Crippen molar-refractivity contribution in [1.82, 2.24) is 0 Å². The number of hydrogen-bond acceptors (Lipinski definition) is 2. The van der Waals surface area contributed by atoms with Crippen LogP contribution < -0.4 is 0 Å². The van der Waals surface area contributed by atoms with Crippen molar-refractivity contribution in [2.75, 3.05) is 0 Å². The van der Waals surface area contributed by atoms with Crippen molar-refractivity contribution >= 4 is 13.8 Å². The molecule has 4 heteroatoms. The summed E-state index contributed by atoms with van der Waals surface area (Å²) in [5.74, 6) is 2.29. The van der Waals surface area contributed by atoms with E-state index in [4.69, 9.17) is 0 Å². The molecule has 0 heterocycles. The Labute approximate surface area is 139 Å². The molecular weight excluding hydrogens is 307 g/mol. The molecule has 126 valence electrons. The maximum absolute atomic E-state index is 12.4. The zero-order valence-electron chi connectivity index (χ0n) is 14.1. The first-order valence-corrected chi connectivity index (χ1v) is 10.4. The second kappa shape index (κ2) is 5.17. The van der Waals surface area contributed by atoms with E-state index in [1.54, 1.807) is 0 Å². The highest BCUT2D eigenvalue weighted by atomic mass is 31.1. The van der Waals surface area contributed by atoms with Crippen LogP contribution in [0.3, 0.4) is 0 Å². The van der Waals surface area contributed by atoms with Crippen LogP contribution in [0, 0.1) is 28.6 Å². The summed E-state index contributed by atoms with van der Waals surface area (Å²) in [6.45, 7) is 4.57. The predicted molar refractivity (Wildman–Crippen MR) is 91.4 cm³/mol. The summed E-state index contributed by atoms with van der Waals surface area (Å²) in [4.78, 5) is 21.9. The average Bonchev–Trinajstić information content (AvgIpc) is 2.82. The Morgan fingerprint density at radius 2 is 1.87 bits per heavy atom. The molecule has 4 aliphatic rings. The highest BCUT2D eigenvalue weighted by Crippen LogP contribution is 2.64. The van der Waals surface area contributed by atoms with Gasteiger partial charge in [0.15, 0.2) is 0 Å². The minimum absolute atomic E-state index is 0.0746. The van der Waals surface area contributed by atoms with Crippen LogP contribution in [-0.4, -0.2) is 10.7 Å². The van der Waals surface area contributed by atoms with Crippen LogP contribution in [0.25, 0.3) is 0 Å². The van der Waals surface area contributed by atoms with Gasteiger partial charge in [0.1, 0.15) is 5.78 Å². The van der Waals surface area contributed by atoms with Crippen LogP contribution in [0.1, 0.15) is 58.8 Å². The fraction of sp³-hybridized carbons (Fsp3) is 0.737. The third-order valence-corrected chi connectivity index (χ3v) is 8.70. The van der Waals surface area contributed by atoms with Gasteiger partial charge in [0.2, 0.25) is 8.03 Å². The van der Waals surface area contributed by atoms with Gasteiger partial charge in [-0.3, -0.25) is 9.36 Å². The first-order chi connectivity index (χ1) is 10.9. The number of hydrogen-bond donors (Lipinski definition) is 1. The van der Waals surface area contributed by atoms with E-state index < -0.39 is 8.03 Å². The lowest BCUT2D eigenvalue weighted by atomic mass is 9.49. The van der Waals surface area contributed by atoms with Gasteiger partial charge in [0, 0.05) is 17.2 Å². The minimum Gasteiger partial charge on any atom is -0.343 e. The molecule has 0 aromatic heterocycles. The minimum atomic E-state index is -2.55. The van der Waals surface area contributed by atoms with Gasteiger partial charge >= 0.3 is 0 Å². The quantitative estimate of drug-likeness (QED) is 0.719. The van der Waals surface area contributed by atoms with Crippen LogP contribution in [0.15, 0.2) is 23.0 Å². The molecule has 6 atom stereocenters. The Kier molecular flexibility index (Phi) is 3.56. The Balaban J connectivity index is 1.71. The van der Waals surface area contributed by atoms with E-state index in [1.165, 1.54) is 5.57 Å². The van der Waals surface area contributed by atoms with E-state index in [9.17, 15) is 14.3 Å². The lowest BCUT2D eigenvalue weighted by molar-refractivity contribution is -0.131. The number of ketones is 1. The van der Waals surface area contributed by atoms with Gasteiger partial charge in [0.05, 0.1) is 0 Å². The summed E-state index contributed by atoms with van der Waals surface area (Å²) < 4.78 is 11.5. The predicted octanol–water partition coefficient (Wildman–Crippen LogP) is 4.48. The number of fused-ring (bicyclic) bond motifs is 5. The molecule has 0 radical (unpaired) electrons. The number of rotatable bonds is 1. The molecule has 0 saturated heterocycles. The van der Waals surface area contributed by atoms with Crippen molar-refractivity contribution in [3.8, 4) is 0 Å². The third-order valence-electron chi connectivity index (χ3n) is 7.75. The Morgan fingerprint density at radius 3 is 2.61 bits per heavy atom. The van der Waals surface area contributed by atoms with Crippen LogP contribution in [0.5, 0.6) is 0 Å². The van der Waals surface area contributed by atoms with E-state index in [0.717, 1.165) is 50.3 Å². The maximum atomic E-state index is 12.4. The van der Waals surface area contributed by atoms with Gasteiger partial charge in [-0.2, -0.15) is 0 Å². The molecule has 2 saturated carbocycles. The molecule has 0 spiro atoms. The topological polar surface area (TPSA) is 54.4 Å². The Bertz CT molecular complexity index is 649. The van der Waals surface area contributed by atoms with Gasteiger partial charge in [0.25, 0.3) is 0 Å². The normalized spacial score (nSPS) is 47.1. The van der Waals surface area contributed by atoms with E-state index >= 15 is 0 Å². The SMILES string of the molecule is C[C@]12CCC([PH](=O)O)=CC1=CC[C@@H]1[C@@H]2CC[C@]2(C)C(=O)CC[C@@H]12. The Morgan fingerprint density at radius 1 is 1.13 bits per heavy atom. The molecule has 0 aromatic rings. The number of allylic oxidation sites excluding steroid dienone is 4. The molecule has 3 nitrogen and oxygen atoms in total. The summed E-state index contributed by atoms with van der Waals surface area (Å²) in [5.41, 5.74) is 1.35. The summed E-state index contributed by atoms with van der Waals surface area (Å²) >= 11 is 0. The van der Waals surface area contributed by atoms with Gasteiger partial charge in [-0.1, -0.05) is 26.0 Å². The Hall–Kier alpha value is -0.660. The lowest BCUT2D eigenvalue weighted by Gasteiger charge is -2.55. The van der Waals surface area contributed by atoms with Crippen molar-refractivity contribution in [1.29, 1.82) is 0 Å². The highest BCUT2D eigenvalue weighted by molar-refractivity contribution is 7.43. The second-order valence-corrected chi connectivity index (χ2v) is 9.83. The van der Waals surface area contributed by atoms with Gasteiger partial charge in [-0.25, -0.2) is 0 Å². The maximum Gasteiger partial charge on any atom is 0.214 e. The number of carbonyl (C=O) groups excluding carboxylic acids is 1. The van der Waals surface area contributed by atoms with Gasteiger partial charge in [-0.15, -0.1) is 0 Å². The monoisotopic (exact) mass is 334 g/mol. The van der Waals surface area contributed by atoms with Crippen LogP contribution in [-0.2, 0) is 9.36 Å². The molecule has 1 unspecified atom stereocenters. The average molecular weight is 334 g/mol. The first kappa shape index (κ1) is 15.8. The lowest BCUT2D eigenvalue weighted by Crippen LogP contribution is -2.49. The zero-order chi connectivity index (χ0) is 16.4. The van der Waals surface area contributed by atoms with Gasteiger partial charge in [-0.05, 0) is 67.3 Å². The van der Waals surface area contributed by atoms with Crippen molar-refractivity contribution in [3.05, 3.63) is 23.0 Å². The van der Waals surface area contributed by atoms with E-state index in [0.29, 0.717) is 23.5 Å². The van der Waals surface area contributed by atoms with Crippen molar-refractivity contribution in [2.24, 2.45) is 28.6 Å². The first-order valence-electron chi connectivity index (χ1n) is 9.04. The molecule has 0 bridgehead atoms. The summed E-state index contributed by atoms with van der Waals surface area (Å²) in [6.07, 6.45) is 11.1. The molecule has 2 fully saturated rings. The molecule has 0 aliphatic heterocycles. The molecule has 4 rings (SSSR count). The zero-order valence-corrected chi connectivity index (χ0v) is 15.1. The fourth-order valence-electron chi connectivity index (χ4n) is 6.27. The fourth-order valence-corrected chi connectivity index (χ4v) is 6.88. The number of carbonyl (C=O) groups is 1. The molecule has 1 N–H and O–H groups in total. The van der Waals surface area contributed by atoms with Crippen LogP contribution >= 0.6 is 8.03 Å². The molecule has 4 aliphatic carbocycles. The van der Waals surface area contributed by atoms with Crippen molar-refractivity contribution < 1.29 is 14.3 Å². The number of Topliss-reactive ketones (excluding diaryl/α,β-unsaturated/α-hetero) is 1. The van der Waals surface area contributed by atoms with E-state index in [-0.39, 0.29) is 10.8 Å². The van der Waals surface area contributed by atoms with Crippen molar-refractivity contribution in [3.63, 3.8) is 0 Å². The molecular formula is C19H27O3P. The third kappa shape index (κ3) is 2.12. The second-order valence-electron chi connectivity index (χ2n) is 8.58. The van der Waals surface area contributed by atoms with Crippen molar-refractivity contribution in [2.45, 2.75) is 58.8 Å². The van der Waals surface area contributed by atoms with E-state index in [1.807, 2.05) is 6.08 Å².